The van der Waals surface area contributed by atoms with Gasteiger partial charge in [-0.3, -0.25) is 9.59 Å². The fourth-order valence-corrected chi connectivity index (χ4v) is 0.831. The van der Waals surface area contributed by atoms with Gasteiger partial charge < -0.3 is 10.1 Å². The average molecular weight is 178 g/mol. The van der Waals surface area contributed by atoms with E-state index < -0.39 is 0 Å². The van der Waals surface area contributed by atoms with Crippen molar-refractivity contribution < 1.29 is 14.3 Å². The molecule has 4 nitrogen and oxygen atoms in total. The van der Waals surface area contributed by atoms with E-state index in [-0.39, 0.29) is 5.97 Å². The molecule has 1 aromatic rings. The van der Waals surface area contributed by atoms with E-state index in [9.17, 15) is 9.59 Å². The maximum absolute atomic E-state index is 10.5. The lowest BCUT2D eigenvalue weighted by atomic mass is 10.3. The Kier molecular flexibility index (Phi) is 3.03. The van der Waals surface area contributed by atoms with Gasteiger partial charge in [0.05, 0.1) is 0 Å². The first-order valence-corrected chi connectivity index (χ1v) is 3.64. The minimum atomic E-state index is -0.373. The number of carbonyl (C=O) groups excluding carboxylic acids is 2. The van der Waals surface area contributed by atoms with Crippen molar-refractivity contribution in [1.82, 2.24) is 0 Å². The molecule has 0 aromatic heterocycles. The van der Waals surface area contributed by atoms with Crippen LogP contribution in [0.3, 0.4) is 0 Å². The SMILES string of the molecule is CC(=O)Oc1ccc(N[C]=O)cc1. The van der Waals surface area contributed by atoms with Gasteiger partial charge in [0.15, 0.2) is 0 Å². The highest BCUT2D eigenvalue weighted by atomic mass is 16.5. The smallest absolute Gasteiger partial charge is 0.314 e. The molecule has 1 aromatic carbocycles. The topological polar surface area (TPSA) is 55.4 Å². The third-order valence-corrected chi connectivity index (χ3v) is 1.31. The van der Waals surface area contributed by atoms with Crippen LogP contribution in [0.1, 0.15) is 6.92 Å². The minimum absolute atomic E-state index is 0.373. The van der Waals surface area contributed by atoms with E-state index in [1.54, 1.807) is 24.3 Å². The Hall–Kier alpha value is -1.84. The number of anilines is 1. The zero-order valence-electron chi connectivity index (χ0n) is 7.03. The summed E-state index contributed by atoms with van der Waals surface area (Å²) < 4.78 is 4.78. The van der Waals surface area contributed by atoms with Crippen molar-refractivity contribution in [3.8, 4) is 5.75 Å². The van der Waals surface area contributed by atoms with Crippen LogP contribution in [0.5, 0.6) is 5.75 Å². The lowest BCUT2D eigenvalue weighted by molar-refractivity contribution is -0.131. The molecule has 4 heteroatoms. The molecule has 0 heterocycles. The Morgan fingerprint density at radius 2 is 2.00 bits per heavy atom. The second-order valence-electron chi connectivity index (χ2n) is 2.35. The van der Waals surface area contributed by atoms with Crippen LogP contribution in [0, 0.1) is 0 Å². The van der Waals surface area contributed by atoms with Gasteiger partial charge in [-0.15, -0.1) is 0 Å². The third kappa shape index (κ3) is 2.94. The molecule has 0 atom stereocenters. The molecule has 0 saturated heterocycles. The molecular formula is C9H8NO3. The molecule has 0 spiro atoms. The predicted octanol–water partition coefficient (Wildman–Crippen LogP) is 1.09. The number of nitrogens with one attached hydrogen (secondary N) is 1. The molecule has 0 aliphatic rings. The molecule has 0 aliphatic carbocycles. The molecule has 0 saturated carbocycles. The second-order valence-corrected chi connectivity index (χ2v) is 2.35. The normalized spacial score (nSPS) is 9.00. The van der Waals surface area contributed by atoms with Gasteiger partial charge in [0.1, 0.15) is 5.75 Å². The molecular weight excluding hydrogens is 170 g/mol. The zero-order valence-corrected chi connectivity index (χ0v) is 7.03. The lowest BCUT2D eigenvalue weighted by Gasteiger charge is -2.01. The van der Waals surface area contributed by atoms with E-state index in [1.165, 1.54) is 13.3 Å². The van der Waals surface area contributed by atoms with Gasteiger partial charge in [0, 0.05) is 12.6 Å². The van der Waals surface area contributed by atoms with Gasteiger partial charge in [-0.1, -0.05) is 0 Å². The number of amides is 1. The lowest BCUT2D eigenvalue weighted by Crippen LogP contribution is -2.01. The summed E-state index contributed by atoms with van der Waals surface area (Å²) in [6.45, 7) is 1.32. The maximum Gasteiger partial charge on any atom is 0.314 e. The van der Waals surface area contributed by atoms with E-state index in [0.29, 0.717) is 11.4 Å². The monoisotopic (exact) mass is 178 g/mol. The number of hydrogen-bond donors (Lipinski definition) is 1. The van der Waals surface area contributed by atoms with E-state index in [0.717, 1.165) is 0 Å². The highest BCUT2D eigenvalue weighted by molar-refractivity contribution is 5.73. The van der Waals surface area contributed by atoms with Gasteiger partial charge in [-0.25, -0.2) is 0 Å². The van der Waals surface area contributed by atoms with Crippen molar-refractivity contribution >= 4 is 18.1 Å². The second kappa shape index (κ2) is 4.25. The fraction of sp³-hybridized carbons (Fsp3) is 0.111. The Balaban J connectivity index is 2.69. The van der Waals surface area contributed by atoms with Crippen molar-refractivity contribution in [3.05, 3.63) is 24.3 Å². The molecule has 0 bridgehead atoms. The van der Waals surface area contributed by atoms with E-state index in [2.05, 4.69) is 5.32 Å². The van der Waals surface area contributed by atoms with Gasteiger partial charge >= 0.3 is 12.4 Å². The Bertz CT molecular complexity index is 305. The number of rotatable bonds is 3. The van der Waals surface area contributed by atoms with Crippen LogP contribution in [0.15, 0.2) is 24.3 Å². The Morgan fingerprint density at radius 1 is 1.38 bits per heavy atom. The van der Waals surface area contributed by atoms with Crippen LogP contribution >= 0.6 is 0 Å². The van der Waals surface area contributed by atoms with Gasteiger partial charge in [0.2, 0.25) is 0 Å². The van der Waals surface area contributed by atoms with E-state index in [4.69, 9.17) is 4.74 Å². The Morgan fingerprint density at radius 3 is 2.46 bits per heavy atom. The van der Waals surface area contributed by atoms with E-state index >= 15 is 0 Å². The van der Waals surface area contributed by atoms with Gasteiger partial charge in [-0.05, 0) is 24.3 Å². The van der Waals surface area contributed by atoms with Crippen LogP contribution in [0.25, 0.3) is 0 Å². The van der Waals surface area contributed by atoms with Crippen molar-refractivity contribution in [1.29, 1.82) is 0 Å². The molecule has 1 radical (unpaired) electrons. The summed E-state index contributed by atoms with van der Waals surface area (Å²) in [6, 6.07) is 6.40. The quantitative estimate of drug-likeness (QED) is 0.428. The molecule has 13 heavy (non-hydrogen) atoms. The van der Waals surface area contributed by atoms with Crippen molar-refractivity contribution in [3.63, 3.8) is 0 Å². The number of carbonyl (C=O) groups is 1. The van der Waals surface area contributed by atoms with Crippen molar-refractivity contribution in [2.24, 2.45) is 0 Å². The fourth-order valence-electron chi connectivity index (χ4n) is 0.831. The first-order valence-electron chi connectivity index (χ1n) is 3.64. The number of benzene rings is 1. The van der Waals surface area contributed by atoms with Crippen LogP contribution in [-0.4, -0.2) is 12.4 Å². The predicted molar refractivity (Wildman–Crippen MR) is 47.1 cm³/mol. The first-order chi connectivity index (χ1) is 6.22. The number of ether oxygens (including phenoxy) is 1. The van der Waals surface area contributed by atoms with Crippen LogP contribution < -0.4 is 10.1 Å². The number of esters is 1. The highest BCUT2D eigenvalue weighted by Crippen LogP contribution is 2.14. The van der Waals surface area contributed by atoms with Crippen molar-refractivity contribution in [2.45, 2.75) is 6.92 Å². The molecule has 67 valence electrons. The molecule has 0 unspecified atom stereocenters. The molecule has 0 aliphatic heterocycles. The van der Waals surface area contributed by atoms with E-state index in [1.807, 2.05) is 0 Å². The summed E-state index contributed by atoms with van der Waals surface area (Å²) in [4.78, 5) is 20.4. The summed E-state index contributed by atoms with van der Waals surface area (Å²) >= 11 is 0. The molecule has 1 N–H and O–H groups in total. The third-order valence-electron chi connectivity index (χ3n) is 1.31. The standard InChI is InChI=1S/C9H8NO3/c1-7(12)13-9-4-2-8(3-5-9)10-6-11/h2-5H,1H3,(H,10,11). The summed E-state index contributed by atoms with van der Waals surface area (Å²) in [5.74, 6) is 0.0756. The summed E-state index contributed by atoms with van der Waals surface area (Å²) in [7, 11) is 0. The van der Waals surface area contributed by atoms with Crippen LogP contribution in [-0.2, 0) is 9.59 Å². The largest absolute Gasteiger partial charge is 0.427 e. The molecule has 1 rings (SSSR count). The van der Waals surface area contributed by atoms with Crippen LogP contribution in [0.2, 0.25) is 0 Å². The summed E-state index contributed by atoms with van der Waals surface area (Å²) in [5, 5.41) is 2.34. The molecule has 0 fully saturated rings. The first kappa shape index (κ1) is 9.25. The Labute approximate surface area is 75.5 Å². The minimum Gasteiger partial charge on any atom is -0.427 e. The number of hydrogen-bond acceptors (Lipinski definition) is 3. The van der Waals surface area contributed by atoms with Crippen molar-refractivity contribution in [2.75, 3.05) is 5.32 Å². The maximum atomic E-state index is 10.5. The molecule has 1 amide bonds. The highest BCUT2D eigenvalue weighted by Gasteiger charge is 1.97. The van der Waals surface area contributed by atoms with Gasteiger partial charge in [-0.2, -0.15) is 0 Å². The van der Waals surface area contributed by atoms with Crippen LogP contribution in [0.4, 0.5) is 5.69 Å². The summed E-state index contributed by atoms with van der Waals surface area (Å²) in [5.41, 5.74) is 0.603. The average Bonchev–Trinajstić information content (AvgIpc) is 2.08. The summed E-state index contributed by atoms with van der Waals surface area (Å²) in [6.07, 6.45) is 1.54. The van der Waals surface area contributed by atoms with Gasteiger partial charge in [0.25, 0.3) is 0 Å². The zero-order chi connectivity index (χ0) is 9.68.